The van der Waals surface area contributed by atoms with E-state index in [0.29, 0.717) is 6.42 Å². The van der Waals surface area contributed by atoms with E-state index in [-0.39, 0.29) is 6.10 Å². The van der Waals surface area contributed by atoms with Crippen LogP contribution in [-0.4, -0.2) is 36.8 Å². The molecule has 13 heavy (non-hydrogen) atoms. The fourth-order valence-corrected chi connectivity index (χ4v) is 1.36. The molecular formula is C7H13N3O3. The van der Waals surface area contributed by atoms with E-state index in [1.165, 1.54) is 7.11 Å². The second-order valence-corrected chi connectivity index (χ2v) is 3.01. The zero-order chi connectivity index (χ0) is 9.84. The van der Waals surface area contributed by atoms with Gasteiger partial charge in [0.1, 0.15) is 0 Å². The maximum absolute atomic E-state index is 9.54. The number of rotatable bonds is 2. The molecule has 1 saturated heterocycles. The molecule has 1 aliphatic rings. The van der Waals surface area contributed by atoms with E-state index in [2.05, 4.69) is 10.0 Å². The largest absolute Gasteiger partial charge is 0.390 e. The van der Waals surface area contributed by atoms with Crippen molar-refractivity contribution in [1.29, 1.82) is 0 Å². The molecule has 1 rings (SSSR count). The lowest BCUT2D eigenvalue weighted by Crippen LogP contribution is -2.46. The minimum Gasteiger partial charge on any atom is -0.390 e. The van der Waals surface area contributed by atoms with E-state index in [4.69, 9.17) is 15.0 Å². The van der Waals surface area contributed by atoms with Gasteiger partial charge in [-0.15, -0.1) is 0 Å². The lowest BCUT2D eigenvalue weighted by Gasteiger charge is -2.34. The normalized spacial score (nSPS) is 39.6. The molecule has 1 fully saturated rings. The summed E-state index contributed by atoms with van der Waals surface area (Å²) in [7, 11) is 1.52. The Morgan fingerprint density at radius 2 is 2.38 bits per heavy atom. The maximum atomic E-state index is 9.54. The third-order valence-electron chi connectivity index (χ3n) is 2.14. The van der Waals surface area contributed by atoms with Crippen LogP contribution in [-0.2, 0) is 9.47 Å². The first kappa shape index (κ1) is 10.3. The third kappa shape index (κ3) is 2.32. The number of aliphatic hydroxyl groups is 1. The Kier molecular flexibility index (Phi) is 3.50. The first-order valence-corrected chi connectivity index (χ1v) is 4.09. The molecule has 0 unspecified atom stereocenters. The van der Waals surface area contributed by atoms with Crippen molar-refractivity contribution in [2.24, 2.45) is 5.11 Å². The summed E-state index contributed by atoms with van der Waals surface area (Å²) in [5.74, 6) is 0. The molecule has 0 spiro atoms. The van der Waals surface area contributed by atoms with Gasteiger partial charge in [-0.1, -0.05) is 5.11 Å². The highest BCUT2D eigenvalue weighted by Crippen LogP contribution is 2.22. The van der Waals surface area contributed by atoms with Crippen LogP contribution in [0.25, 0.3) is 10.4 Å². The van der Waals surface area contributed by atoms with Crippen LogP contribution < -0.4 is 0 Å². The van der Waals surface area contributed by atoms with Gasteiger partial charge in [0.25, 0.3) is 0 Å². The lowest BCUT2D eigenvalue weighted by molar-refractivity contribution is -0.211. The van der Waals surface area contributed by atoms with Crippen LogP contribution in [0.15, 0.2) is 5.11 Å². The molecule has 0 amide bonds. The van der Waals surface area contributed by atoms with Crippen LogP contribution in [0.2, 0.25) is 0 Å². The Morgan fingerprint density at radius 1 is 1.69 bits per heavy atom. The van der Waals surface area contributed by atoms with Crippen LogP contribution >= 0.6 is 0 Å². The molecule has 74 valence electrons. The van der Waals surface area contributed by atoms with E-state index < -0.39 is 18.4 Å². The van der Waals surface area contributed by atoms with Gasteiger partial charge in [0.05, 0.1) is 18.2 Å². The summed E-state index contributed by atoms with van der Waals surface area (Å²) in [6.45, 7) is 1.72. The third-order valence-corrected chi connectivity index (χ3v) is 2.14. The molecule has 6 nitrogen and oxygen atoms in total. The smallest absolute Gasteiger partial charge is 0.158 e. The van der Waals surface area contributed by atoms with Crippen LogP contribution in [0, 0.1) is 0 Å². The Labute approximate surface area is 76.1 Å². The fourth-order valence-electron chi connectivity index (χ4n) is 1.36. The van der Waals surface area contributed by atoms with Crippen LogP contribution in [0.3, 0.4) is 0 Å². The minimum atomic E-state index is -0.748. The van der Waals surface area contributed by atoms with Gasteiger partial charge in [-0.2, -0.15) is 0 Å². The van der Waals surface area contributed by atoms with Gasteiger partial charge in [0.15, 0.2) is 6.29 Å². The van der Waals surface area contributed by atoms with E-state index in [9.17, 15) is 5.11 Å². The second kappa shape index (κ2) is 4.43. The highest BCUT2D eigenvalue weighted by Gasteiger charge is 2.34. The predicted octanol–water partition coefficient (Wildman–Crippen LogP) is 0.807. The van der Waals surface area contributed by atoms with Crippen molar-refractivity contribution >= 4 is 0 Å². The number of aliphatic hydroxyl groups excluding tert-OH is 1. The van der Waals surface area contributed by atoms with Gasteiger partial charge in [-0.05, 0) is 12.5 Å². The molecule has 1 aliphatic heterocycles. The Morgan fingerprint density at radius 3 is 2.92 bits per heavy atom. The molecule has 1 N–H and O–H groups in total. The molecular weight excluding hydrogens is 174 g/mol. The van der Waals surface area contributed by atoms with Crippen molar-refractivity contribution in [2.45, 2.75) is 37.9 Å². The summed E-state index contributed by atoms with van der Waals surface area (Å²) < 4.78 is 10.2. The molecule has 0 saturated carbocycles. The standard InChI is InChI=1S/C7H13N3O3/c1-4-7(11)5(9-10-8)3-6(12-2)13-4/h4-7,11H,3H2,1-2H3/t4-,5-,6-,7-/m1/s1. The minimum absolute atomic E-state index is 0.366. The average Bonchev–Trinajstić information content (AvgIpc) is 2.13. The summed E-state index contributed by atoms with van der Waals surface area (Å²) in [4.78, 5) is 2.67. The summed E-state index contributed by atoms with van der Waals surface area (Å²) in [5.41, 5.74) is 8.25. The van der Waals surface area contributed by atoms with Crippen molar-refractivity contribution in [3.05, 3.63) is 10.4 Å². The summed E-state index contributed by atoms with van der Waals surface area (Å²) in [5, 5.41) is 13.0. The highest BCUT2D eigenvalue weighted by molar-refractivity contribution is 4.85. The monoisotopic (exact) mass is 187 g/mol. The fraction of sp³-hybridized carbons (Fsp3) is 1.00. The summed E-state index contributed by atoms with van der Waals surface area (Å²) in [6, 6.07) is -0.460. The number of methoxy groups -OCH3 is 1. The lowest BCUT2D eigenvalue weighted by atomic mass is 10.0. The van der Waals surface area contributed by atoms with Crippen molar-refractivity contribution in [3.63, 3.8) is 0 Å². The molecule has 0 radical (unpaired) electrons. The predicted molar refractivity (Wildman–Crippen MR) is 44.9 cm³/mol. The van der Waals surface area contributed by atoms with Gasteiger partial charge in [-0.25, -0.2) is 0 Å². The molecule has 6 heteroatoms. The van der Waals surface area contributed by atoms with E-state index in [1.807, 2.05) is 0 Å². The molecule has 0 bridgehead atoms. The van der Waals surface area contributed by atoms with Crippen molar-refractivity contribution in [3.8, 4) is 0 Å². The number of azide groups is 1. The van der Waals surface area contributed by atoms with Crippen LogP contribution in [0.1, 0.15) is 13.3 Å². The van der Waals surface area contributed by atoms with Gasteiger partial charge in [0, 0.05) is 18.4 Å². The van der Waals surface area contributed by atoms with E-state index in [1.54, 1.807) is 6.92 Å². The van der Waals surface area contributed by atoms with Gasteiger partial charge >= 0.3 is 0 Å². The molecule has 1 heterocycles. The van der Waals surface area contributed by atoms with Crippen molar-refractivity contribution in [1.82, 2.24) is 0 Å². The number of nitrogens with zero attached hydrogens (tertiary/aromatic N) is 3. The summed E-state index contributed by atoms with van der Waals surface area (Å²) in [6.07, 6.45) is -1.11. The SMILES string of the molecule is CO[C@H]1C[C@@H](N=[N+]=[N-])[C@H](O)[C@@H](C)O1. The van der Waals surface area contributed by atoms with Crippen molar-refractivity contribution < 1.29 is 14.6 Å². The van der Waals surface area contributed by atoms with Crippen LogP contribution in [0.5, 0.6) is 0 Å². The summed E-state index contributed by atoms with van der Waals surface area (Å²) >= 11 is 0. The van der Waals surface area contributed by atoms with Crippen LogP contribution in [0.4, 0.5) is 0 Å². The zero-order valence-electron chi connectivity index (χ0n) is 7.62. The first-order valence-electron chi connectivity index (χ1n) is 4.09. The second-order valence-electron chi connectivity index (χ2n) is 3.01. The van der Waals surface area contributed by atoms with Gasteiger partial charge in [0.2, 0.25) is 0 Å². The zero-order valence-corrected chi connectivity index (χ0v) is 7.62. The Bertz CT molecular complexity index is 217. The average molecular weight is 187 g/mol. The Hall–Kier alpha value is -0.810. The van der Waals surface area contributed by atoms with E-state index in [0.717, 1.165) is 0 Å². The number of ether oxygens (including phenoxy) is 2. The molecule has 0 aromatic carbocycles. The van der Waals surface area contributed by atoms with Crippen molar-refractivity contribution in [2.75, 3.05) is 7.11 Å². The molecule has 0 aromatic rings. The van der Waals surface area contributed by atoms with E-state index >= 15 is 0 Å². The Balaban J connectivity index is 2.65. The maximum Gasteiger partial charge on any atom is 0.158 e. The molecule has 0 aromatic heterocycles. The molecule has 4 atom stereocenters. The number of hydrogen-bond acceptors (Lipinski definition) is 4. The number of hydrogen-bond donors (Lipinski definition) is 1. The van der Waals surface area contributed by atoms with Gasteiger partial charge < -0.3 is 14.6 Å². The quantitative estimate of drug-likeness (QED) is 0.394. The molecule has 0 aliphatic carbocycles. The first-order chi connectivity index (χ1) is 6.19. The highest BCUT2D eigenvalue weighted by atomic mass is 16.7. The van der Waals surface area contributed by atoms with Gasteiger partial charge in [-0.3, -0.25) is 0 Å². The topological polar surface area (TPSA) is 87.5 Å².